The minimum atomic E-state index is -1.33. The number of carbonyl (C=O) groups excluding carboxylic acids is 2. The summed E-state index contributed by atoms with van der Waals surface area (Å²) < 4.78 is 0. The molecule has 0 saturated carbocycles. The van der Waals surface area contributed by atoms with Gasteiger partial charge >= 0.3 is 29.6 Å². The zero-order chi connectivity index (χ0) is 16.7. The van der Waals surface area contributed by atoms with E-state index >= 15 is 0 Å². The Hall–Kier alpha value is -0.380. The predicted octanol–water partition coefficient (Wildman–Crippen LogP) is -2.76. The molecule has 0 bridgehead atoms. The van der Waals surface area contributed by atoms with E-state index in [-0.39, 0.29) is 53.1 Å². The maximum atomic E-state index is 12.2. The fraction of sp³-hybridized carbons (Fsp3) is 0.533. The van der Waals surface area contributed by atoms with Crippen molar-refractivity contribution in [3.05, 3.63) is 27.2 Å². The van der Waals surface area contributed by atoms with Crippen LogP contribution in [0.5, 0.6) is 0 Å². The second kappa shape index (κ2) is 7.88. The van der Waals surface area contributed by atoms with Gasteiger partial charge in [0.05, 0.1) is 34.7 Å². The first kappa shape index (κ1) is 19.9. The van der Waals surface area contributed by atoms with E-state index in [2.05, 4.69) is 4.98 Å². The van der Waals surface area contributed by atoms with Crippen molar-refractivity contribution in [2.24, 2.45) is 11.8 Å². The Balaban J connectivity index is 0.00000208. The fourth-order valence-corrected chi connectivity index (χ4v) is 5.32. The number of aryl methyl sites for hydroxylation is 1. The number of fused-ring (bicyclic) bond motifs is 1. The molecule has 3 rings (SSSR count). The Bertz CT molecular complexity index is 662. The first-order valence-electron chi connectivity index (χ1n) is 7.41. The molecular weight excluding hydrogens is 359 g/mol. The van der Waals surface area contributed by atoms with Crippen molar-refractivity contribution in [2.75, 3.05) is 5.75 Å². The number of carboxylic acid groups (broad SMARTS) is 1. The minimum absolute atomic E-state index is 0. The number of rotatable bonds is 6. The molecule has 0 spiro atoms. The van der Waals surface area contributed by atoms with E-state index in [0.29, 0.717) is 10.7 Å². The predicted molar refractivity (Wildman–Crippen MR) is 85.3 cm³/mol. The maximum Gasteiger partial charge on any atom is 1.00 e. The van der Waals surface area contributed by atoms with Crippen molar-refractivity contribution in [3.8, 4) is 0 Å². The molecule has 2 aliphatic rings. The van der Waals surface area contributed by atoms with Crippen LogP contribution >= 0.6 is 23.1 Å². The van der Waals surface area contributed by atoms with Crippen molar-refractivity contribution in [1.82, 2.24) is 9.88 Å². The summed E-state index contributed by atoms with van der Waals surface area (Å²) in [6, 6.07) is -0.280. The monoisotopic (exact) mass is 376 g/mol. The average Bonchev–Trinajstić information content (AvgIpc) is 3.05. The standard InChI is InChI=1S/C15H18N2O4S2.Na/c1-7-11-10(8(2)18)14(19)17(11)12(15(20)21)13(7)23-5-3-9-16-4-6-22-9;/h4,6-8,10-11,18H,3,5H2,1-2H3,(H,20,21);/q;+1/p-1. The number of thiazole rings is 1. The molecule has 1 N–H and O–H groups in total. The molecular formula is C15H17N2NaO4S2. The van der Waals surface area contributed by atoms with Crippen LogP contribution in [0.15, 0.2) is 22.2 Å². The first-order chi connectivity index (χ1) is 10.9. The van der Waals surface area contributed by atoms with Crippen LogP contribution in [0.4, 0.5) is 0 Å². The Morgan fingerprint density at radius 1 is 1.58 bits per heavy atom. The SMILES string of the molecule is CC(O)C1C(=O)N2C(C(=O)[O-])=C(SCCc3nccs3)C(C)C12.[Na+]. The van der Waals surface area contributed by atoms with Crippen LogP contribution in [0.1, 0.15) is 18.9 Å². The Labute approximate surface area is 170 Å². The van der Waals surface area contributed by atoms with Gasteiger partial charge in [0.1, 0.15) is 0 Å². The van der Waals surface area contributed by atoms with Gasteiger partial charge in [-0.1, -0.05) is 6.92 Å². The van der Waals surface area contributed by atoms with Gasteiger partial charge in [-0.3, -0.25) is 4.79 Å². The van der Waals surface area contributed by atoms with E-state index in [1.54, 1.807) is 24.5 Å². The molecule has 0 radical (unpaired) electrons. The van der Waals surface area contributed by atoms with Gasteiger partial charge in [-0.15, -0.1) is 23.1 Å². The van der Waals surface area contributed by atoms with Gasteiger partial charge in [0.15, 0.2) is 0 Å². The third kappa shape index (κ3) is 3.32. The number of amides is 1. The molecule has 9 heteroatoms. The molecule has 1 fully saturated rings. The quantitative estimate of drug-likeness (QED) is 0.427. The number of hydrogen-bond donors (Lipinski definition) is 1. The molecule has 1 aromatic heterocycles. The average molecular weight is 376 g/mol. The van der Waals surface area contributed by atoms with Gasteiger partial charge < -0.3 is 19.9 Å². The van der Waals surface area contributed by atoms with Gasteiger partial charge in [-0.05, 0) is 6.92 Å². The minimum Gasteiger partial charge on any atom is -0.543 e. The zero-order valence-electron chi connectivity index (χ0n) is 13.8. The summed E-state index contributed by atoms with van der Waals surface area (Å²) in [5, 5.41) is 24.2. The van der Waals surface area contributed by atoms with Gasteiger partial charge in [0, 0.05) is 34.6 Å². The van der Waals surface area contributed by atoms with E-state index in [0.717, 1.165) is 11.4 Å². The van der Waals surface area contributed by atoms with E-state index in [9.17, 15) is 19.8 Å². The molecule has 0 aliphatic carbocycles. The molecule has 1 amide bonds. The largest absolute Gasteiger partial charge is 1.00 e. The molecule has 2 aliphatic heterocycles. The number of hydrogen-bond acceptors (Lipinski definition) is 7. The third-order valence-electron chi connectivity index (χ3n) is 4.36. The summed E-state index contributed by atoms with van der Waals surface area (Å²) in [6.07, 6.45) is 1.71. The summed E-state index contributed by atoms with van der Waals surface area (Å²) in [6.45, 7) is 3.47. The summed E-state index contributed by atoms with van der Waals surface area (Å²) >= 11 is 3.00. The van der Waals surface area contributed by atoms with E-state index in [1.807, 2.05) is 12.3 Å². The van der Waals surface area contributed by atoms with Crippen LogP contribution < -0.4 is 34.7 Å². The molecule has 4 unspecified atom stereocenters. The number of aliphatic carboxylic acids is 1. The van der Waals surface area contributed by atoms with Crippen LogP contribution in [0.3, 0.4) is 0 Å². The number of carboxylic acids is 1. The normalized spacial score (nSPS) is 26.7. The van der Waals surface area contributed by atoms with Gasteiger partial charge in [-0.25, -0.2) is 4.98 Å². The van der Waals surface area contributed by atoms with Crippen LogP contribution in [-0.4, -0.2) is 44.8 Å². The summed E-state index contributed by atoms with van der Waals surface area (Å²) in [5.74, 6) is -1.60. The van der Waals surface area contributed by atoms with E-state index in [1.165, 1.54) is 16.7 Å². The van der Waals surface area contributed by atoms with Crippen LogP contribution in [0.25, 0.3) is 0 Å². The molecule has 4 atom stereocenters. The van der Waals surface area contributed by atoms with Crippen molar-refractivity contribution in [3.63, 3.8) is 0 Å². The molecule has 6 nitrogen and oxygen atoms in total. The van der Waals surface area contributed by atoms with E-state index < -0.39 is 18.0 Å². The number of aromatic nitrogens is 1. The van der Waals surface area contributed by atoms with Gasteiger partial charge in [0.2, 0.25) is 5.91 Å². The maximum absolute atomic E-state index is 12.2. The van der Waals surface area contributed by atoms with Crippen molar-refractivity contribution in [1.29, 1.82) is 0 Å². The Morgan fingerprint density at radius 2 is 2.29 bits per heavy atom. The number of thioether (sulfide) groups is 1. The summed E-state index contributed by atoms with van der Waals surface area (Å²) in [5.41, 5.74) is -0.0199. The molecule has 1 saturated heterocycles. The molecule has 0 aromatic carbocycles. The van der Waals surface area contributed by atoms with Crippen LogP contribution in [0, 0.1) is 11.8 Å². The second-order valence-corrected chi connectivity index (χ2v) is 7.89. The molecule has 1 aromatic rings. The van der Waals surface area contributed by atoms with Crippen molar-refractivity contribution < 1.29 is 49.4 Å². The van der Waals surface area contributed by atoms with E-state index in [4.69, 9.17) is 0 Å². The van der Waals surface area contributed by atoms with Crippen LogP contribution in [-0.2, 0) is 16.0 Å². The third-order valence-corrected chi connectivity index (χ3v) is 6.48. The topological polar surface area (TPSA) is 93.6 Å². The smallest absolute Gasteiger partial charge is 0.543 e. The van der Waals surface area contributed by atoms with Crippen molar-refractivity contribution in [2.45, 2.75) is 32.4 Å². The molecule has 3 heterocycles. The second-order valence-electron chi connectivity index (χ2n) is 5.78. The van der Waals surface area contributed by atoms with Gasteiger partial charge in [0.25, 0.3) is 0 Å². The molecule has 24 heavy (non-hydrogen) atoms. The number of aliphatic hydroxyl groups excluding tert-OH is 1. The zero-order valence-corrected chi connectivity index (χ0v) is 17.4. The Morgan fingerprint density at radius 3 is 2.83 bits per heavy atom. The first-order valence-corrected chi connectivity index (χ1v) is 9.27. The number of nitrogens with zero attached hydrogens (tertiary/aromatic N) is 2. The number of carbonyl (C=O) groups is 2. The van der Waals surface area contributed by atoms with Crippen molar-refractivity contribution >= 4 is 35.0 Å². The molecule has 124 valence electrons. The Kier molecular flexibility index (Phi) is 6.55. The number of β-lactam (4-membered cyclic amide) rings is 1. The summed E-state index contributed by atoms with van der Waals surface area (Å²) in [4.78, 5) is 29.9. The summed E-state index contributed by atoms with van der Waals surface area (Å²) in [7, 11) is 0. The fourth-order valence-electron chi connectivity index (χ4n) is 3.33. The van der Waals surface area contributed by atoms with Gasteiger partial charge in [-0.2, -0.15) is 0 Å². The van der Waals surface area contributed by atoms with Crippen LogP contribution in [0.2, 0.25) is 0 Å². The number of aliphatic hydroxyl groups is 1.